The zero-order valence-electron chi connectivity index (χ0n) is 21.7. The molecule has 3 aliphatic rings. The van der Waals surface area contributed by atoms with Gasteiger partial charge in [0.15, 0.2) is 6.10 Å². The van der Waals surface area contributed by atoms with Gasteiger partial charge in [-0.25, -0.2) is 4.79 Å². The second kappa shape index (κ2) is 9.32. The third-order valence-electron chi connectivity index (χ3n) is 8.82. The molecule has 1 amide bonds. The molecule has 0 unspecified atom stereocenters. The fourth-order valence-corrected chi connectivity index (χ4v) is 7.06. The van der Waals surface area contributed by atoms with Crippen LogP contribution in [0.2, 0.25) is 0 Å². The van der Waals surface area contributed by atoms with Crippen LogP contribution >= 0.6 is 0 Å². The molecule has 1 saturated carbocycles. The van der Waals surface area contributed by atoms with Crippen molar-refractivity contribution in [1.82, 2.24) is 4.90 Å². The molecule has 0 spiro atoms. The van der Waals surface area contributed by atoms with Crippen molar-refractivity contribution in [2.75, 3.05) is 6.54 Å². The van der Waals surface area contributed by atoms with Crippen LogP contribution in [-0.4, -0.2) is 34.2 Å². The normalized spacial score (nSPS) is 26.0. The van der Waals surface area contributed by atoms with Crippen molar-refractivity contribution in [3.05, 3.63) is 75.1 Å². The first-order valence-corrected chi connectivity index (χ1v) is 13.7. The Balaban J connectivity index is 1.35. The lowest BCUT2D eigenvalue weighted by Crippen LogP contribution is -2.58. The maximum absolute atomic E-state index is 14.0. The quantitative estimate of drug-likeness (QED) is 0.494. The Labute approximate surface area is 217 Å². The summed E-state index contributed by atoms with van der Waals surface area (Å²) in [4.78, 5) is 28.5. The van der Waals surface area contributed by atoms with Gasteiger partial charge in [0.1, 0.15) is 11.3 Å². The zero-order chi connectivity index (χ0) is 25.7. The lowest BCUT2D eigenvalue weighted by Gasteiger charge is -2.53. The van der Waals surface area contributed by atoms with Gasteiger partial charge in [-0.05, 0) is 81.2 Å². The molecule has 2 fully saturated rings. The molecule has 0 bridgehead atoms. The molecule has 6 rings (SSSR count). The molecule has 2 aliphatic carbocycles. The van der Waals surface area contributed by atoms with Crippen LogP contribution in [0.3, 0.4) is 0 Å². The summed E-state index contributed by atoms with van der Waals surface area (Å²) >= 11 is 0. The van der Waals surface area contributed by atoms with E-state index >= 15 is 0 Å². The number of benzene rings is 2. The average Bonchev–Trinajstić information content (AvgIpc) is 3.38. The van der Waals surface area contributed by atoms with Crippen molar-refractivity contribution in [1.29, 1.82) is 0 Å². The molecule has 4 atom stereocenters. The van der Waals surface area contributed by atoms with Crippen LogP contribution in [-0.2, 0) is 17.6 Å². The molecule has 2 heterocycles. The highest BCUT2D eigenvalue weighted by molar-refractivity contribution is 5.90. The highest BCUT2D eigenvalue weighted by Crippen LogP contribution is 2.49. The summed E-state index contributed by atoms with van der Waals surface area (Å²) in [6, 6.07) is 13.7. The van der Waals surface area contributed by atoms with Crippen LogP contribution in [0, 0.1) is 12.8 Å². The van der Waals surface area contributed by atoms with Crippen molar-refractivity contribution in [2.45, 2.75) is 83.0 Å². The molecule has 1 N–H and O–H groups in total. The molecule has 3 aromatic rings. The number of rotatable bonds is 4. The minimum absolute atomic E-state index is 0.00546. The zero-order valence-corrected chi connectivity index (χ0v) is 21.7. The summed E-state index contributed by atoms with van der Waals surface area (Å²) < 4.78 is 12.1. The summed E-state index contributed by atoms with van der Waals surface area (Å²) in [5.74, 6) is 0.524. The van der Waals surface area contributed by atoms with Gasteiger partial charge in [0.2, 0.25) is 0 Å². The molecule has 1 aliphatic heterocycles. The Hall–Kier alpha value is -3.12. The van der Waals surface area contributed by atoms with Gasteiger partial charge < -0.3 is 19.2 Å². The monoisotopic (exact) mass is 501 g/mol. The van der Waals surface area contributed by atoms with E-state index in [0.29, 0.717) is 30.7 Å². The van der Waals surface area contributed by atoms with Crippen LogP contribution in [0.15, 0.2) is 51.7 Å². The molecular weight excluding hydrogens is 466 g/mol. The highest BCUT2D eigenvalue weighted by atomic mass is 16.5. The largest absolute Gasteiger partial charge is 0.480 e. The third kappa shape index (κ3) is 4.15. The first kappa shape index (κ1) is 24.2. The van der Waals surface area contributed by atoms with E-state index in [-0.39, 0.29) is 23.5 Å². The SMILES string of the molecule is Cc1cc(O[C@H](C)C(=O)N2CC[C@]3(O)CCCC[C@H]3[C@@H]2c2ccccc2)c2c3c(c(=O)oc2c1)CCC3. The fraction of sp³-hybridized carbons (Fsp3) is 0.484. The third-order valence-corrected chi connectivity index (χ3v) is 8.82. The van der Waals surface area contributed by atoms with E-state index in [9.17, 15) is 14.7 Å². The molecule has 37 heavy (non-hydrogen) atoms. The predicted molar refractivity (Wildman–Crippen MR) is 142 cm³/mol. The van der Waals surface area contributed by atoms with Gasteiger partial charge in [-0.1, -0.05) is 43.2 Å². The van der Waals surface area contributed by atoms with Gasteiger partial charge in [0.25, 0.3) is 5.91 Å². The maximum Gasteiger partial charge on any atom is 0.339 e. The minimum atomic E-state index is -0.732. The Kier molecular flexibility index (Phi) is 6.10. The van der Waals surface area contributed by atoms with Crippen molar-refractivity contribution >= 4 is 16.9 Å². The van der Waals surface area contributed by atoms with E-state index in [1.807, 2.05) is 42.2 Å². The number of hydrogen-bond acceptors (Lipinski definition) is 5. The van der Waals surface area contributed by atoms with Gasteiger partial charge in [0, 0.05) is 18.0 Å². The molecule has 6 heteroatoms. The van der Waals surface area contributed by atoms with Crippen LogP contribution in [0.1, 0.15) is 73.7 Å². The Morgan fingerprint density at radius 3 is 2.70 bits per heavy atom. The average molecular weight is 502 g/mol. The number of aliphatic hydroxyl groups is 1. The summed E-state index contributed by atoms with van der Waals surface area (Å²) in [5, 5.41) is 12.4. The summed E-state index contributed by atoms with van der Waals surface area (Å²) in [6.45, 7) is 4.24. The van der Waals surface area contributed by atoms with Crippen LogP contribution in [0.4, 0.5) is 0 Å². The summed E-state index contributed by atoms with van der Waals surface area (Å²) in [5.41, 5.74) is 3.23. The standard InChI is InChI=1S/C31H35NO5/c1-19-17-25(27-22-11-8-12-23(22)30(34)37-26(27)18-19)36-20(2)29(33)32-16-15-31(35)14-7-6-13-24(31)28(32)21-9-4-3-5-10-21/h3-5,9-10,17-18,20,24,28,35H,6-8,11-16H2,1-2H3/t20-,24+,28+,31-/m1/s1. The maximum atomic E-state index is 14.0. The second-order valence-corrected chi connectivity index (χ2v) is 11.2. The number of ether oxygens (including phenoxy) is 1. The van der Waals surface area contributed by atoms with E-state index < -0.39 is 11.7 Å². The number of likely N-dealkylation sites (tertiary alicyclic amines) is 1. The van der Waals surface area contributed by atoms with Crippen molar-refractivity contribution in [3.63, 3.8) is 0 Å². The fourth-order valence-electron chi connectivity index (χ4n) is 7.06. The number of hydrogen-bond donors (Lipinski definition) is 1. The van der Waals surface area contributed by atoms with Crippen molar-refractivity contribution in [2.24, 2.45) is 5.92 Å². The van der Waals surface area contributed by atoms with Gasteiger partial charge in [-0.15, -0.1) is 0 Å². The summed E-state index contributed by atoms with van der Waals surface area (Å²) in [6.07, 6.45) is 6.09. The van der Waals surface area contributed by atoms with E-state index in [4.69, 9.17) is 9.15 Å². The number of nitrogens with zero attached hydrogens (tertiary/aromatic N) is 1. The first-order chi connectivity index (χ1) is 17.9. The van der Waals surface area contributed by atoms with Gasteiger partial charge in [-0.2, -0.15) is 0 Å². The molecule has 1 aromatic heterocycles. The molecule has 194 valence electrons. The van der Waals surface area contributed by atoms with Crippen molar-refractivity contribution < 1.29 is 19.1 Å². The Morgan fingerprint density at radius 2 is 1.89 bits per heavy atom. The van der Waals surface area contributed by atoms with Gasteiger partial charge in [-0.3, -0.25) is 4.79 Å². The second-order valence-electron chi connectivity index (χ2n) is 11.2. The van der Waals surface area contributed by atoms with Crippen LogP contribution in [0.25, 0.3) is 11.0 Å². The molecular formula is C31H35NO5. The van der Waals surface area contributed by atoms with E-state index in [0.717, 1.165) is 66.2 Å². The predicted octanol–water partition coefficient (Wildman–Crippen LogP) is 5.25. The van der Waals surface area contributed by atoms with E-state index in [2.05, 4.69) is 12.1 Å². The lowest BCUT2D eigenvalue weighted by molar-refractivity contribution is -0.161. The van der Waals surface area contributed by atoms with Crippen LogP contribution < -0.4 is 10.4 Å². The number of amides is 1. The molecule has 6 nitrogen and oxygen atoms in total. The Morgan fingerprint density at radius 1 is 1.11 bits per heavy atom. The smallest absolute Gasteiger partial charge is 0.339 e. The lowest BCUT2D eigenvalue weighted by atomic mass is 9.66. The van der Waals surface area contributed by atoms with Crippen LogP contribution in [0.5, 0.6) is 5.75 Å². The molecule has 2 aromatic carbocycles. The Bertz CT molecular complexity index is 1400. The summed E-state index contributed by atoms with van der Waals surface area (Å²) in [7, 11) is 0. The molecule has 0 radical (unpaired) electrons. The van der Waals surface area contributed by atoms with Gasteiger partial charge in [0.05, 0.1) is 17.0 Å². The number of carbonyl (C=O) groups excluding carboxylic acids is 1. The van der Waals surface area contributed by atoms with E-state index in [1.165, 1.54) is 0 Å². The number of carbonyl (C=O) groups is 1. The van der Waals surface area contributed by atoms with E-state index in [1.54, 1.807) is 6.92 Å². The van der Waals surface area contributed by atoms with Crippen molar-refractivity contribution in [3.8, 4) is 5.75 Å². The molecule has 1 saturated heterocycles. The highest BCUT2D eigenvalue weighted by Gasteiger charge is 2.50. The number of fused-ring (bicyclic) bond motifs is 4. The van der Waals surface area contributed by atoms with Gasteiger partial charge >= 0.3 is 5.63 Å². The first-order valence-electron chi connectivity index (χ1n) is 13.7. The number of aryl methyl sites for hydroxylation is 2. The number of piperidine rings is 1. The topological polar surface area (TPSA) is 80.0 Å². The minimum Gasteiger partial charge on any atom is -0.480 e.